The summed E-state index contributed by atoms with van der Waals surface area (Å²) in [5.41, 5.74) is 24.4. The van der Waals surface area contributed by atoms with Crippen molar-refractivity contribution in [3.8, 4) is 68.0 Å². The third-order valence-corrected chi connectivity index (χ3v) is 21.4. The Bertz CT molecular complexity index is 6280. The Balaban J connectivity index is 0.850. The number of nitrogens with zero attached hydrogens (tertiary/aromatic N) is 8. The molecule has 8 nitrogen and oxygen atoms in total. The van der Waals surface area contributed by atoms with Crippen LogP contribution in [0, 0.1) is 0 Å². The van der Waals surface area contributed by atoms with E-state index < -0.39 is 0 Å². The summed E-state index contributed by atoms with van der Waals surface area (Å²) in [7, 11) is 0. The van der Waals surface area contributed by atoms with E-state index in [1.807, 2.05) is 6.07 Å². The van der Waals surface area contributed by atoms with E-state index in [4.69, 9.17) is 9.97 Å². The number of hydrogen-bond donors (Lipinski definition) is 0. The van der Waals surface area contributed by atoms with Gasteiger partial charge in [0.1, 0.15) is 0 Å². The summed E-state index contributed by atoms with van der Waals surface area (Å²) in [4.78, 5) is 11.0. The minimum absolute atomic E-state index is 0.651. The first kappa shape index (κ1) is 56.2. The molecule has 102 heavy (non-hydrogen) atoms. The third kappa shape index (κ3) is 8.32. The van der Waals surface area contributed by atoms with Gasteiger partial charge in [0.05, 0.1) is 77.6 Å². The molecule has 0 amide bonds. The molecule has 7 heterocycles. The fourth-order valence-electron chi connectivity index (χ4n) is 17.0. The molecule has 0 aliphatic carbocycles. The third-order valence-electron chi connectivity index (χ3n) is 21.4. The van der Waals surface area contributed by atoms with Crippen LogP contribution in [0.4, 0.5) is 0 Å². The lowest BCUT2D eigenvalue weighted by Gasteiger charge is -2.17. The highest BCUT2D eigenvalue weighted by atomic mass is 15.0. The largest absolute Gasteiger partial charge is 0.309 e. The molecule has 22 aromatic rings. The van der Waals surface area contributed by atoms with E-state index in [2.05, 4.69) is 373 Å². The molecule has 0 saturated heterocycles. The Morgan fingerprint density at radius 1 is 0.147 bits per heavy atom. The molecule has 22 rings (SSSR count). The van der Waals surface area contributed by atoms with Crippen molar-refractivity contribution in [1.82, 2.24) is 37.4 Å². The molecule has 0 N–H and O–H groups in total. The topological polar surface area (TPSA) is 55.4 Å². The highest BCUT2D eigenvalue weighted by Crippen LogP contribution is 2.45. The van der Waals surface area contributed by atoms with Crippen LogP contribution in [0.5, 0.6) is 0 Å². The van der Waals surface area contributed by atoms with Crippen molar-refractivity contribution in [2.45, 2.75) is 0 Å². The molecule has 0 atom stereocenters. The molecular formula is C94H58N8. The van der Waals surface area contributed by atoms with Crippen LogP contribution in [0.15, 0.2) is 352 Å². The normalized spacial score (nSPS) is 12.1. The van der Waals surface area contributed by atoms with E-state index >= 15 is 0 Å². The van der Waals surface area contributed by atoms with Gasteiger partial charge in [0, 0.05) is 115 Å². The summed E-state index contributed by atoms with van der Waals surface area (Å²) >= 11 is 0. The van der Waals surface area contributed by atoms with Crippen LogP contribution in [0.25, 0.3) is 199 Å². The molecule has 0 spiro atoms. The fourth-order valence-corrected chi connectivity index (χ4v) is 17.0. The number of hydrogen-bond acceptors (Lipinski definition) is 2. The summed E-state index contributed by atoms with van der Waals surface area (Å²) in [6, 6.07) is 129. The summed E-state index contributed by atoms with van der Waals surface area (Å²) in [6.45, 7) is 0. The van der Waals surface area contributed by atoms with Gasteiger partial charge in [-0.2, -0.15) is 0 Å². The smallest absolute Gasteiger partial charge is 0.160 e. The second-order valence-electron chi connectivity index (χ2n) is 26.9. The van der Waals surface area contributed by atoms with Crippen molar-refractivity contribution in [3.05, 3.63) is 352 Å². The SMILES string of the molecule is c1ccc(-c2cc(-c3cc(-n4c5ccc(-n6c7ccccc7c7ccccc76)cc5c5cc(-n6c7ccccc7c7ccccc76)ccc54)cc(-n4c5ccc(-n6c7ccccc7c7ccccc76)cc5c5cc(-n6c7ccccc7c7ccccc76)ccc54)c3)nc(-c3ccccc3)n2)cc1. The van der Waals surface area contributed by atoms with Crippen LogP contribution in [0.1, 0.15) is 0 Å². The summed E-state index contributed by atoms with van der Waals surface area (Å²) in [5.74, 6) is 0.651. The lowest BCUT2D eigenvalue weighted by Crippen LogP contribution is -2.02. The molecule has 8 heteroatoms. The lowest BCUT2D eigenvalue weighted by molar-refractivity contribution is 1.12. The Hall–Kier alpha value is -13.8. The molecule has 0 bridgehead atoms. The lowest BCUT2D eigenvalue weighted by atomic mass is 10.0. The van der Waals surface area contributed by atoms with Crippen LogP contribution in [0.3, 0.4) is 0 Å². The summed E-state index contributed by atoms with van der Waals surface area (Å²) < 4.78 is 14.7. The zero-order valence-corrected chi connectivity index (χ0v) is 55.1. The van der Waals surface area contributed by atoms with Crippen LogP contribution < -0.4 is 0 Å². The van der Waals surface area contributed by atoms with Crippen LogP contribution in [-0.4, -0.2) is 37.4 Å². The molecule has 474 valence electrons. The van der Waals surface area contributed by atoms with Gasteiger partial charge in [-0.05, 0) is 146 Å². The fraction of sp³-hybridized carbons (Fsp3) is 0. The second kappa shape index (κ2) is 21.8. The van der Waals surface area contributed by atoms with Crippen LogP contribution >= 0.6 is 0 Å². The molecule has 0 aliphatic rings. The Morgan fingerprint density at radius 3 is 0.657 bits per heavy atom. The van der Waals surface area contributed by atoms with Crippen molar-refractivity contribution in [1.29, 1.82) is 0 Å². The maximum absolute atomic E-state index is 5.61. The van der Waals surface area contributed by atoms with E-state index in [1.165, 1.54) is 43.1 Å². The molecule has 0 radical (unpaired) electrons. The van der Waals surface area contributed by atoms with Gasteiger partial charge in [-0.1, -0.05) is 206 Å². The van der Waals surface area contributed by atoms with Crippen molar-refractivity contribution < 1.29 is 0 Å². The van der Waals surface area contributed by atoms with E-state index in [-0.39, 0.29) is 0 Å². The number of fused-ring (bicyclic) bond motifs is 18. The van der Waals surface area contributed by atoms with Crippen LogP contribution in [0.2, 0.25) is 0 Å². The molecule has 0 saturated carbocycles. The second-order valence-corrected chi connectivity index (χ2v) is 26.9. The minimum atomic E-state index is 0.651. The standard InChI is InChI=1S/C94H58N8/c1-3-23-59(24-4-1)80-58-81(96-94(95-80)60-25-5-2-6-26-60)61-51-66(101-90-47-43-62(97-82-35-15-7-27-68(82)69-28-8-16-36-83(69)97)54-76(90)77-55-63(44-48-91(77)101)98-84-37-17-9-29-70(84)71-30-10-18-38-85(71)98)53-67(52-61)102-92-49-45-64(99-86-39-19-11-31-72(86)73-32-12-20-40-87(73)99)56-78(92)79-57-65(46-50-93(79)102)100-88-41-21-13-33-74(88)75-34-14-22-42-89(75)100/h1-58H. The highest BCUT2D eigenvalue weighted by molar-refractivity contribution is 6.17. The summed E-state index contributed by atoms with van der Waals surface area (Å²) in [6.07, 6.45) is 0. The van der Waals surface area contributed by atoms with E-state index in [0.717, 1.165) is 150 Å². The van der Waals surface area contributed by atoms with Gasteiger partial charge < -0.3 is 27.4 Å². The van der Waals surface area contributed by atoms with Gasteiger partial charge in [0.2, 0.25) is 0 Å². The average Bonchev–Trinajstić information content (AvgIpc) is 1.56. The van der Waals surface area contributed by atoms with E-state index in [1.54, 1.807) is 0 Å². The van der Waals surface area contributed by atoms with Gasteiger partial charge in [-0.15, -0.1) is 0 Å². The molecule has 0 unspecified atom stereocenters. The summed E-state index contributed by atoms with van der Waals surface area (Å²) in [5, 5.41) is 14.3. The van der Waals surface area contributed by atoms with Crippen molar-refractivity contribution in [2.24, 2.45) is 0 Å². The predicted octanol–water partition coefficient (Wildman–Crippen LogP) is 24.1. The zero-order valence-electron chi connectivity index (χ0n) is 55.1. The van der Waals surface area contributed by atoms with Crippen LogP contribution in [-0.2, 0) is 0 Å². The maximum Gasteiger partial charge on any atom is 0.160 e. The minimum Gasteiger partial charge on any atom is -0.309 e. The Labute approximate surface area is 584 Å². The molecule has 15 aromatic carbocycles. The molecule has 0 fully saturated rings. The van der Waals surface area contributed by atoms with Crippen molar-refractivity contribution in [3.63, 3.8) is 0 Å². The average molecular weight is 1300 g/mol. The van der Waals surface area contributed by atoms with Crippen molar-refractivity contribution in [2.75, 3.05) is 0 Å². The molecule has 0 aliphatic heterocycles. The van der Waals surface area contributed by atoms with Gasteiger partial charge in [-0.3, -0.25) is 0 Å². The van der Waals surface area contributed by atoms with Crippen molar-refractivity contribution >= 4 is 131 Å². The predicted molar refractivity (Wildman–Crippen MR) is 424 cm³/mol. The number of aromatic nitrogens is 8. The van der Waals surface area contributed by atoms with Gasteiger partial charge in [-0.25, -0.2) is 9.97 Å². The van der Waals surface area contributed by atoms with E-state index in [0.29, 0.717) is 5.82 Å². The first-order chi connectivity index (χ1) is 50.6. The van der Waals surface area contributed by atoms with Gasteiger partial charge in [0.15, 0.2) is 5.82 Å². The highest BCUT2D eigenvalue weighted by Gasteiger charge is 2.25. The van der Waals surface area contributed by atoms with E-state index in [9.17, 15) is 0 Å². The molecule has 7 aromatic heterocycles. The molecular weight excluding hydrogens is 1240 g/mol. The zero-order chi connectivity index (χ0) is 66.7. The Morgan fingerprint density at radius 2 is 0.373 bits per heavy atom. The number of benzene rings is 15. The Kier molecular flexibility index (Phi) is 12.0. The number of rotatable bonds is 9. The maximum atomic E-state index is 5.61. The first-order valence-electron chi connectivity index (χ1n) is 34.9. The van der Waals surface area contributed by atoms with Gasteiger partial charge in [0.25, 0.3) is 0 Å². The quantitative estimate of drug-likeness (QED) is 0.145. The monoisotopic (exact) mass is 1300 g/mol. The number of para-hydroxylation sites is 8. The first-order valence-corrected chi connectivity index (χ1v) is 34.9. The van der Waals surface area contributed by atoms with Gasteiger partial charge >= 0.3 is 0 Å².